The molecule has 0 N–H and O–H groups in total. The third-order valence-electron chi connectivity index (χ3n) is 2.67. The quantitative estimate of drug-likeness (QED) is 0.803. The van der Waals surface area contributed by atoms with E-state index in [-0.39, 0.29) is 11.8 Å². The van der Waals surface area contributed by atoms with Crippen molar-refractivity contribution in [2.75, 3.05) is 6.61 Å². The maximum absolute atomic E-state index is 13.0. The van der Waals surface area contributed by atoms with Crippen LogP contribution in [-0.2, 0) is 11.3 Å². The van der Waals surface area contributed by atoms with Gasteiger partial charge < -0.3 is 9.30 Å². The summed E-state index contributed by atoms with van der Waals surface area (Å²) < 4.78 is 19.6. The zero-order valence-corrected chi connectivity index (χ0v) is 11.2. The van der Waals surface area contributed by atoms with Crippen LogP contribution in [0.4, 0.5) is 4.39 Å². The van der Waals surface area contributed by atoms with Crippen molar-refractivity contribution in [2.24, 2.45) is 0 Å². The Morgan fingerprint density at radius 2 is 2.21 bits per heavy atom. The molecule has 1 heterocycles. The van der Waals surface area contributed by atoms with Gasteiger partial charge >= 0.3 is 5.97 Å². The van der Waals surface area contributed by atoms with Crippen molar-refractivity contribution in [3.05, 3.63) is 58.6 Å². The van der Waals surface area contributed by atoms with Crippen molar-refractivity contribution in [1.82, 2.24) is 4.57 Å². The fourth-order valence-electron chi connectivity index (χ4n) is 1.78. The standard InChI is InChI=1S/C14H13ClFNO2/c1-2-19-14(18)13-4-3-7-17(13)9-10-5-6-11(16)8-12(10)15/h3-8H,2,9H2,1H3. The molecule has 2 aromatic rings. The van der Waals surface area contributed by atoms with Gasteiger partial charge in [0, 0.05) is 17.8 Å². The highest BCUT2D eigenvalue weighted by atomic mass is 35.5. The van der Waals surface area contributed by atoms with E-state index in [1.165, 1.54) is 12.1 Å². The zero-order chi connectivity index (χ0) is 13.8. The Kier molecular flexibility index (Phi) is 4.22. The number of nitrogens with zero attached hydrogens (tertiary/aromatic N) is 1. The number of benzene rings is 1. The second-order valence-electron chi connectivity index (χ2n) is 3.98. The van der Waals surface area contributed by atoms with E-state index in [0.29, 0.717) is 23.9 Å². The van der Waals surface area contributed by atoms with Crippen LogP contribution in [0, 0.1) is 5.82 Å². The highest BCUT2D eigenvalue weighted by molar-refractivity contribution is 6.31. The van der Waals surface area contributed by atoms with E-state index in [0.717, 1.165) is 5.56 Å². The minimum atomic E-state index is -0.384. The van der Waals surface area contributed by atoms with Gasteiger partial charge in [-0.1, -0.05) is 17.7 Å². The number of esters is 1. The summed E-state index contributed by atoms with van der Waals surface area (Å²) in [5.74, 6) is -0.766. The fraction of sp³-hybridized carbons (Fsp3) is 0.214. The van der Waals surface area contributed by atoms with Gasteiger partial charge in [-0.25, -0.2) is 9.18 Å². The molecule has 0 fully saturated rings. The lowest BCUT2D eigenvalue weighted by Gasteiger charge is -2.10. The molecule has 5 heteroatoms. The number of hydrogen-bond acceptors (Lipinski definition) is 2. The first kappa shape index (κ1) is 13.6. The summed E-state index contributed by atoms with van der Waals surface area (Å²) in [6.07, 6.45) is 1.76. The van der Waals surface area contributed by atoms with Crippen LogP contribution in [0.15, 0.2) is 36.5 Å². The predicted molar refractivity (Wildman–Crippen MR) is 70.9 cm³/mol. The van der Waals surface area contributed by atoms with Crippen LogP contribution < -0.4 is 0 Å². The lowest BCUT2D eigenvalue weighted by Crippen LogP contribution is -2.12. The average molecular weight is 282 g/mol. The van der Waals surface area contributed by atoms with Crippen LogP contribution in [0.2, 0.25) is 5.02 Å². The smallest absolute Gasteiger partial charge is 0.354 e. The average Bonchev–Trinajstić information content (AvgIpc) is 2.81. The maximum atomic E-state index is 13.0. The Morgan fingerprint density at radius 3 is 2.89 bits per heavy atom. The molecular weight excluding hydrogens is 269 g/mol. The van der Waals surface area contributed by atoms with Gasteiger partial charge in [0.2, 0.25) is 0 Å². The third-order valence-corrected chi connectivity index (χ3v) is 3.02. The molecule has 0 aliphatic carbocycles. The molecular formula is C14H13ClFNO2. The molecule has 2 rings (SSSR count). The number of aromatic nitrogens is 1. The van der Waals surface area contributed by atoms with Crippen LogP contribution >= 0.6 is 11.6 Å². The largest absolute Gasteiger partial charge is 0.461 e. The number of carbonyl (C=O) groups is 1. The van der Waals surface area contributed by atoms with Gasteiger partial charge in [-0.3, -0.25) is 0 Å². The molecule has 0 spiro atoms. The highest BCUT2D eigenvalue weighted by Gasteiger charge is 2.12. The SMILES string of the molecule is CCOC(=O)c1cccn1Cc1ccc(F)cc1Cl. The molecule has 1 aromatic carbocycles. The van der Waals surface area contributed by atoms with Crippen molar-refractivity contribution >= 4 is 17.6 Å². The van der Waals surface area contributed by atoms with Crippen molar-refractivity contribution in [3.8, 4) is 0 Å². The second-order valence-corrected chi connectivity index (χ2v) is 4.38. The lowest BCUT2D eigenvalue weighted by molar-refractivity contribution is 0.0514. The van der Waals surface area contributed by atoms with Gasteiger partial charge in [0.15, 0.2) is 0 Å². The second kappa shape index (κ2) is 5.89. The fourth-order valence-corrected chi connectivity index (χ4v) is 2.00. The summed E-state index contributed by atoms with van der Waals surface area (Å²) in [7, 11) is 0. The van der Waals surface area contributed by atoms with E-state index in [4.69, 9.17) is 16.3 Å². The molecule has 0 atom stereocenters. The van der Waals surface area contributed by atoms with Crippen molar-refractivity contribution in [3.63, 3.8) is 0 Å². The number of hydrogen-bond donors (Lipinski definition) is 0. The number of halogens is 2. The van der Waals surface area contributed by atoms with Crippen LogP contribution in [0.25, 0.3) is 0 Å². The molecule has 0 radical (unpaired) electrons. The molecule has 0 saturated carbocycles. The molecule has 0 amide bonds. The first-order valence-corrected chi connectivity index (χ1v) is 6.25. The number of rotatable bonds is 4. The molecule has 19 heavy (non-hydrogen) atoms. The van der Waals surface area contributed by atoms with E-state index in [1.54, 1.807) is 35.9 Å². The molecule has 100 valence electrons. The molecule has 0 bridgehead atoms. The summed E-state index contributed by atoms with van der Waals surface area (Å²) in [6, 6.07) is 7.63. The minimum Gasteiger partial charge on any atom is -0.461 e. The molecule has 0 aliphatic rings. The molecule has 1 aromatic heterocycles. The predicted octanol–water partition coefficient (Wildman–Crippen LogP) is 3.51. The van der Waals surface area contributed by atoms with Gasteiger partial charge in [-0.15, -0.1) is 0 Å². The highest BCUT2D eigenvalue weighted by Crippen LogP contribution is 2.19. The molecule has 0 unspecified atom stereocenters. The van der Waals surface area contributed by atoms with Gasteiger partial charge in [0.1, 0.15) is 11.5 Å². The Bertz CT molecular complexity index is 595. The van der Waals surface area contributed by atoms with Gasteiger partial charge in [-0.2, -0.15) is 0 Å². The van der Waals surface area contributed by atoms with Crippen LogP contribution in [-0.4, -0.2) is 17.1 Å². The first-order valence-electron chi connectivity index (χ1n) is 5.88. The minimum absolute atomic E-state index is 0.321. The molecule has 0 aliphatic heterocycles. The maximum Gasteiger partial charge on any atom is 0.354 e. The van der Waals surface area contributed by atoms with Crippen molar-refractivity contribution < 1.29 is 13.9 Å². The summed E-state index contributed by atoms with van der Waals surface area (Å²) in [5.41, 5.74) is 1.19. The lowest BCUT2D eigenvalue weighted by atomic mass is 10.2. The van der Waals surface area contributed by atoms with Gasteiger partial charge in [-0.05, 0) is 36.8 Å². The topological polar surface area (TPSA) is 31.2 Å². The van der Waals surface area contributed by atoms with E-state index in [9.17, 15) is 9.18 Å². The Labute approximate surface area is 115 Å². The summed E-state index contributed by atoms with van der Waals surface area (Å²) in [5, 5.41) is 0.337. The van der Waals surface area contributed by atoms with Crippen molar-refractivity contribution in [1.29, 1.82) is 0 Å². The summed E-state index contributed by atoms with van der Waals surface area (Å²) >= 11 is 5.97. The molecule has 3 nitrogen and oxygen atoms in total. The van der Waals surface area contributed by atoms with Crippen LogP contribution in [0.3, 0.4) is 0 Å². The Hall–Kier alpha value is -1.81. The van der Waals surface area contributed by atoms with Crippen LogP contribution in [0.1, 0.15) is 23.0 Å². The van der Waals surface area contributed by atoms with E-state index in [1.807, 2.05) is 0 Å². The Balaban J connectivity index is 2.24. The van der Waals surface area contributed by atoms with Crippen LogP contribution in [0.5, 0.6) is 0 Å². The summed E-state index contributed by atoms with van der Waals surface area (Å²) in [6.45, 7) is 2.46. The zero-order valence-electron chi connectivity index (χ0n) is 10.4. The number of ether oxygens (including phenoxy) is 1. The van der Waals surface area contributed by atoms with E-state index in [2.05, 4.69) is 0 Å². The van der Waals surface area contributed by atoms with E-state index >= 15 is 0 Å². The monoisotopic (exact) mass is 281 g/mol. The number of carbonyl (C=O) groups excluding carboxylic acids is 1. The van der Waals surface area contributed by atoms with Gasteiger partial charge in [0.25, 0.3) is 0 Å². The normalized spacial score (nSPS) is 10.5. The third kappa shape index (κ3) is 3.15. The first-order chi connectivity index (χ1) is 9.11. The van der Waals surface area contributed by atoms with E-state index < -0.39 is 0 Å². The Morgan fingerprint density at radius 1 is 1.42 bits per heavy atom. The van der Waals surface area contributed by atoms with Crippen molar-refractivity contribution in [2.45, 2.75) is 13.5 Å². The summed E-state index contributed by atoms with van der Waals surface area (Å²) in [4.78, 5) is 11.7. The van der Waals surface area contributed by atoms with Gasteiger partial charge in [0.05, 0.1) is 6.61 Å². The molecule has 0 saturated heterocycles.